The number of rotatable bonds is 6. The second kappa shape index (κ2) is 6.76. The number of ketones is 1. The number of aryl methyl sites for hydroxylation is 2. The normalized spacial score (nSPS) is 15.2. The molecule has 1 atom stereocenters. The molecular formula is C20H26N2O4. The first-order valence-corrected chi connectivity index (χ1v) is 8.98. The van der Waals surface area contributed by atoms with Crippen LogP contribution in [0.3, 0.4) is 0 Å². The van der Waals surface area contributed by atoms with Gasteiger partial charge in [0.15, 0.2) is 6.61 Å². The zero-order valence-electron chi connectivity index (χ0n) is 16.0. The summed E-state index contributed by atoms with van der Waals surface area (Å²) in [6.07, 6.45) is 1.62. The highest BCUT2D eigenvalue weighted by Crippen LogP contribution is 2.38. The van der Waals surface area contributed by atoms with E-state index in [1.807, 2.05) is 19.9 Å². The number of aromatic nitrogens is 2. The van der Waals surface area contributed by atoms with Gasteiger partial charge in [-0.1, -0.05) is 0 Å². The number of hydrogen-bond acceptors (Lipinski definition) is 4. The first-order valence-electron chi connectivity index (χ1n) is 8.98. The Kier molecular flexibility index (Phi) is 4.80. The number of hydrogen-bond donors (Lipinski definition) is 2. The molecule has 0 amide bonds. The summed E-state index contributed by atoms with van der Waals surface area (Å²) in [6.45, 7) is 8.84. The number of nitrogens with zero attached hydrogens (tertiary/aromatic N) is 1. The fourth-order valence-electron chi connectivity index (χ4n) is 3.83. The summed E-state index contributed by atoms with van der Waals surface area (Å²) in [5.41, 5.74) is 4.98. The Balaban J connectivity index is 1.71. The van der Waals surface area contributed by atoms with Gasteiger partial charge in [-0.2, -0.15) is 0 Å². The zero-order valence-corrected chi connectivity index (χ0v) is 16.0. The predicted molar refractivity (Wildman–Crippen MR) is 97.7 cm³/mol. The van der Waals surface area contributed by atoms with Crippen LogP contribution in [0.4, 0.5) is 0 Å². The quantitative estimate of drug-likeness (QED) is 0.612. The van der Waals surface area contributed by atoms with Crippen molar-refractivity contribution in [1.29, 1.82) is 0 Å². The van der Waals surface area contributed by atoms with Gasteiger partial charge >= 0.3 is 5.97 Å². The van der Waals surface area contributed by atoms with E-state index in [0.29, 0.717) is 22.7 Å². The van der Waals surface area contributed by atoms with E-state index in [4.69, 9.17) is 4.74 Å². The minimum Gasteiger partial charge on any atom is -0.453 e. The Labute approximate surface area is 153 Å². The van der Waals surface area contributed by atoms with E-state index in [1.54, 1.807) is 20.8 Å². The molecule has 2 aromatic rings. The summed E-state index contributed by atoms with van der Waals surface area (Å²) in [5.74, 6) is -0.781. The monoisotopic (exact) mass is 358 g/mol. The Hall–Kier alpha value is -2.34. The molecular weight excluding hydrogens is 332 g/mol. The summed E-state index contributed by atoms with van der Waals surface area (Å²) in [5, 5.41) is 9.83. The summed E-state index contributed by atoms with van der Waals surface area (Å²) in [7, 11) is 0. The molecule has 6 nitrogen and oxygen atoms in total. The third-order valence-electron chi connectivity index (χ3n) is 5.15. The molecule has 1 aliphatic carbocycles. The Morgan fingerprint density at radius 2 is 1.96 bits per heavy atom. The minimum absolute atomic E-state index is 0.199. The van der Waals surface area contributed by atoms with Crippen LogP contribution in [0.5, 0.6) is 0 Å². The number of nitrogens with one attached hydrogen (secondary N) is 1. The molecule has 26 heavy (non-hydrogen) atoms. The number of carbonyl (C=O) groups is 2. The predicted octanol–water partition coefficient (Wildman–Crippen LogP) is 3.48. The van der Waals surface area contributed by atoms with Crippen molar-refractivity contribution in [2.24, 2.45) is 0 Å². The molecule has 6 heteroatoms. The fourth-order valence-corrected chi connectivity index (χ4v) is 3.83. The molecule has 2 aromatic heterocycles. The number of H-pyrrole nitrogens is 1. The molecule has 140 valence electrons. The van der Waals surface area contributed by atoms with Crippen LogP contribution in [0.2, 0.25) is 0 Å². The average Bonchev–Trinajstić information content (AvgIpc) is 3.28. The van der Waals surface area contributed by atoms with Gasteiger partial charge in [0.05, 0.1) is 6.10 Å². The molecule has 0 aliphatic heterocycles. The number of aliphatic hydroxyl groups excluding tert-OH is 1. The molecule has 0 spiro atoms. The topological polar surface area (TPSA) is 84.3 Å². The van der Waals surface area contributed by atoms with Gasteiger partial charge in [0.2, 0.25) is 5.78 Å². The Bertz CT molecular complexity index is 805. The molecule has 0 bridgehead atoms. The van der Waals surface area contributed by atoms with Crippen LogP contribution < -0.4 is 0 Å². The van der Waals surface area contributed by atoms with Crippen LogP contribution in [0.15, 0.2) is 6.07 Å². The number of aromatic amines is 1. The molecule has 0 unspecified atom stereocenters. The smallest absolute Gasteiger partial charge is 0.355 e. The molecule has 1 fully saturated rings. The Morgan fingerprint density at radius 1 is 1.31 bits per heavy atom. The van der Waals surface area contributed by atoms with Gasteiger partial charge in [-0.05, 0) is 59.1 Å². The molecule has 1 saturated carbocycles. The van der Waals surface area contributed by atoms with E-state index in [-0.39, 0.29) is 18.1 Å². The van der Waals surface area contributed by atoms with Crippen molar-refractivity contribution < 1.29 is 19.4 Å². The van der Waals surface area contributed by atoms with Gasteiger partial charge in [0, 0.05) is 34.3 Å². The highest BCUT2D eigenvalue weighted by Gasteiger charge is 2.29. The molecule has 0 aromatic carbocycles. The van der Waals surface area contributed by atoms with Crippen LogP contribution in [0.1, 0.15) is 81.0 Å². The maximum atomic E-state index is 12.5. The van der Waals surface area contributed by atoms with Gasteiger partial charge in [-0.25, -0.2) is 4.79 Å². The van der Waals surface area contributed by atoms with Crippen molar-refractivity contribution in [3.63, 3.8) is 0 Å². The molecule has 0 saturated heterocycles. The van der Waals surface area contributed by atoms with Crippen LogP contribution in [0, 0.1) is 27.7 Å². The highest BCUT2D eigenvalue weighted by molar-refractivity contribution is 6.00. The van der Waals surface area contributed by atoms with Crippen LogP contribution in [-0.4, -0.2) is 33.0 Å². The van der Waals surface area contributed by atoms with E-state index in [9.17, 15) is 14.7 Å². The molecule has 2 N–H and O–H groups in total. The number of ether oxygens (including phenoxy) is 1. The van der Waals surface area contributed by atoms with Gasteiger partial charge in [-0.3, -0.25) is 4.79 Å². The summed E-state index contributed by atoms with van der Waals surface area (Å²) in [4.78, 5) is 27.9. The van der Waals surface area contributed by atoms with Crippen molar-refractivity contribution in [3.05, 3.63) is 45.5 Å². The lowest BCUT2D eigenvalue weighted by Crippen LogP contribution is -2.16. The number of esters is 1. The fraction of sp³-hybridized carbons (Fsp3) is 0.500. The number of Topliss-reactive ketones (excluding diaryl/α,β-unsaturated/α-hetero) is 1. The maximum absolute atomic E-state index is 12.5. The van der Waals surface area contributed by atoms with E-state index in [0.717, 1.165) is 29.9 Å². The van der Waals surface area contributed by atoms with Gasteiger partial charge in [0.25, 0.3) is 0 Å². The first kappa shape index (κ1) is 18.5. The zero-order chi connectivity index (χ0) is 19.2. The van der Waals surface area contributed by atoms with Gasteiger partial charge in [-0.15, -0.1) is 0 Å². The summed E-state index contributed by atoms with van der Waals surface area (Å²) < 4.78 is 7.44. The third-order valence-corrected chi connectivity index (χ3v) is 5.15. The molecule has 1 aliphatic rings. The van der Waals surface area contributed by atoms with Crippen molar-refractivity contribution in [3.8, 4) is 0 Å². The van der Waals surface area contributed by atoms with E-state index in [2.05, 4.69) is 9.55 Å². The number of aliphatic hydroxyl groups is 1. The standard InChI is InChI=1S/C20H26N2O4/c1-10-8-16(13(4)22(10)15-6-7-15)17(24)9-26-20(25)19-11(2)18(14(5)23)12(3)21-19/h8,14-15,21,23H,6-7,9H2,1-5H3/t14-/m0/s1. The SMILES string of the molecule is Cc1[nH]c(C(=O)OCC(=O)c2cc(C)n(C3CC3)c2C)c(C)c1[C@H](C)O. The maximum Gasteiger partial charge on any atom is 0.355 e. The lowest BCUT2D eigenvalue weighted by atomic mass is 10.1. The first-order chi connectivity index (χ1) is 12.2. The van der Waals surface area contributed by atoms with E-state index in [1.165, 1.54) is 0 Å². The molecule has 0 radical (unpaired) electrons. The van der Waals surface area contributed by atoms with Crippen molar-refractivity contribution in [2.75, 3.05) is 6.61 Å². The largest absolute Gasteiger partial charge is 0.453 e. The molecule has 3 rings (SSSR count). The van der Waals surface area contributed by atoms with Crippen molar-refractivity contribution in [1.82, 2.24) is 9.55 Å². The lowest BCUT2D eigenvalue weighted by Gasteiger charge is -2.08. The van der Waals surface area contributed by atoms with Gasteiger partial charge < -0.3 is 19.4 Å². The highest BCUT2D eigenvalue weighted by atomic mass is 16.5. The second-order valence-electron chi connectivity index (χ2n) is 7.22. The average molecular weight is 358 g/mol. The second-order valence-corrected chi connectivity index (χ2v) is 7.22. The van der Waals surface area contributed by atoms with Crippen LogP contribution in [0.25, 0.3) is 0 Å². The lowest BCUT2D eigenvalue weighted by molar-refractivity contribution is 0.0468. The third kappa shape index (κ3) is 3.21. The molecule has 2 heterocycles. The minimum atomic E-state index is -0.678. The van der Waals surface area contributed by atoms with E-state index >= 15 is 0 Å². The van der Waals surface area contributed by atoms with E-state index < -0.39 is 12.1 Å². The van der Waals surface area contributed by atoms with Gasteiger partial charge in [0.1, 0.15) is 5.69 Å². The summed E-state index contributed by atoms with van der Waals surface area (Å²) in [6, 6.07) is 2.38. The summed E-state index contributed by atoms with van der Waals surface area (Å²) >= 11 is 0. The van der Waals surface area contributed by atoms with Crippen LogP contribution in [-0.2, 0) is 4.74 Å². The number of carbonyl (C=O) groups excluding carboxylic acids is 2. The van der Waals surface area contributed by atoms with Crippen molar-refractivity contribution >= 4 is 11.8 Å². The Morgan fingerprint density at radius 3 is 2.50 bits per heavy atom. The van der Waals surface area contributed by atoms with Crippen LogP contribution >= 0.6 is 0 Å². The van der Waals surface area contributed by atoms with Crippen molar-refractivity contribution in [2.45, 2.75) is 59.6 Å².